The van der Waals surface area contributed by atoms with E-state index in [9.17, 15) is 18.3 Å². The van der Waals surface area contributed by atoms with Gasteiger partial charge in [-0.15, -0.1) is 0 Å². The van der Waals surface area contributed by atoms with E-state index in [4.69, 9.17) is 5.73 Å². The van der Waals surface area contributed by atoms with E-state index in [-0.39, 0.29) is 5.56 Å². The Hall–Kier alpha value is -2.24. The van der Waals surface area contributed by atoms with Crippen LogP contribution in [-0.4, -0.2) is 17.9 Å². The molecule has 3 N–H and O–H groups in total. The fourth-order valence-corrected chi connectivity index (χ4v) is 2.05. The second kappa shape index (κ2) is 7.35. The summed E-state index contributed by atoms with van der Waals surface area (Å²) in [4.78, 5) is 4.08. The highest BCUT2D eigenvalue weighted by atomic mass is 19.4. The molecule has 0 spiro atoms. The first kappa shape index (κ1) is 18.8. The molecule has 0 radical (unpaired) electrons. The number of rotatable bonds is 4. The number of nitrogens with zero attached hydrogens (tertiary/aromatic N) is 1. The van der Waals surface area contributed by atoms with Crippen LogP contribution in [0.15, 0.2) is 46.1 Å². The van der Waals surface area contributed by atoms with E-state index in [2.05, 4.69) is 4.99 Å². The second-order valence-corrected chi connectivity index (χ2v) is 5.22. The fourth-order valence-electron chi connectivity index (χ4n) is 2.05. The Morgan fingerprint density at radius 3 is 2.35 bits per heavy atom. The van der Waals surface area contributed by atoms with Crippen molar-refractivity contribution in [3.8, 4) is 5.75 Å². The molecule has 1 rings (SSSR count). The highest BCUT2D eigenvalue weighted by molar-refractivity contribution is 6.14. The van der Waals surface area contributed by atoms with Gasteiger partial charge in [-0.3, -0.25) is 4.99 Å². The fraction of sp³-hybridized carbons (Fsp3) is 0.353. The number of phenols is 1. The lowest BCUT2D eigenvalue weighted by Crippen LogP contribution is -2.09. The Balaban J connectivity index is 3.30. The van der Waals surface area contributed by atoms with Gasteiger partial charge in [0, 0.05) is 18.3 Å². The molecule has 0 aromatic heterocycles. The lowest BCUT2D eigenvalue weighted by Gasteiger charge is -2.12. The zero-order valence-corrected chi connectivity index (χ0v) is 13.6. The van der Waals surface area contributed by atoms with Gasteiger partial charge in [-0.2, -0.15) is 13.2 Å². The van der Waals surface area contributed by atoms with E-state index in [0.717, 1.165) is 18.1 Å². The number of nitrogens with two attached hydrogens (primary N) is 1. The third-order valence-corrected chi connectivity index (χ3v) is 3.57. The molecule has 0 atom stereocenters. The summed E-state index contributed by atoms with van der Waals surface area (Å²) in [7, 11) is 1.51. The third kappa shape index (κ3) is 4.61. The molecule has 3 nitrogen and oxygen atoms in total. The molecular weight excluding hydrogens is 305 g/mol. The summed E-state index contributed by atoms with van der Waals surface area (Å²) in [5, 5.41) is 9.94. The Morgan fingerprint density at radius 1 is 1.30 bits per heavy atom. The van der Waals surface area contributed by atoms with Gasteiger partial charge in [0.25, 0.3) is 0 Å². The number of aliphatic imine (C=N–C) groups is 1. The van der Waals surface area contributed by atoms with Crippen molar-refractivity contribution in [1.82, 2.24) is 0 Å². The van der Waals surface area contributed by atoms with E-state index >= 15 is 0 Å². The van der Waals surface area contributed by atoms with Crippen LogP contribution in [0.5, 0.6) is 5.75 Å². The minimum atomic E-state index is -4.50. The average molecular weight is 326 g/mol. The molecule has 0 aliphatic rings. The molecule has 1 aromatic rings. The number of aromatic hydroxyl groups is 1. The number of benzene rings is 1. The van der Waals surface area contributed by atoms with Gasteiger partial charge >= 0.3 is 6.18 Å². The molecule has 0 unspecified atom stereocenters. The van der Waals surface area contributed by atoms with Crippen molar-refractivity contribution in [3.05, 3.63) is 52.2 Å². The van der Waals surface area contributed by atoms with Crippen LogP contribution in [0.25, 0.3) is 0 Å². The maximum absolute atomic E-state index is 12.7. The van der Waals surface area contributed by atoms with Crippen molar-refractivity contribution in [2.75, 3.05) is 7.05 Å². The van der Waals surface area contributed by atoms with E-state index in [1.807, 2.05) is 13.8 Å². The van der Waals surface area contributed by atoms with Crippen molar-refractivity contribution >= 4 is 5.71 Å². The summed E-state index contributed by atoms with van der Waals surface area (Å²) in [6.07, 6.45) is -2.01. The van der Waals surface area contributed by atoms with Gasteiger partial charge in [0.1, 0.15) is 5.75 Å². The third-order valence-electron chi connectivity index (χ3n) is 3.57. The Bertz CT molecular complexity index is 671. The van der Waals surface area contributed by atoms with Gasteiger partial charge in [0.2, 0.25) is 0 Å². The maximum Gasteiger partial charge on any atom is 0.416 e. The monoisotopic (exact) mass is 326 g/mol. The highest BCUT2D eigenvalue weighted by Gasteiger charge is 2.31. The van der Waals surface area contributed by atoms with Crippen LogP contribution < -0.4 is 5.73 Å². The van der Waals surface area contributed by atoms with Crippen molar-refractivity contribution in [2.45, 2.75) is 33.4 Å². The minimum absolute atomic E-state index is 0.233. The van der Waals surface area contributed by atoms with Crippen molar-refractivity contribution in [3.63, 3.8) is 0 Å². The normalized spacial score (nSPS) is 14.7. The zero-order chi connectivity index (χ0) is 17.8. The first-order valence-corrected chi connectivity index (χ1v) is 7.13. The molecule has 0 aliphatic carbocycles. The number of hydrogen-bond acceptors (Lipinski definition) is 3. The summed E-state index contributed by atoms with van der Waals surface area (Å²) in [5.41, 5.74) is 7.91. The van der Waals surface area contributed by atoms with Gasteiger partial charge in [-0.25, -0.2) is 0 Å². The Morgan fingerprint density at radius 2 is 1.91 bits per heavy atom. The number of phenolic OH excluding ortho intramolecular Hbond substituents is 1. The SMILES string of the molecule is CC/C(C)=C(N)/C=C(/C)C(=NC)c1ccc(C(F)(F)F)cc1O. The average Bonchev–Trinajstić information content (AvgIpc) is 2.47. The predicted octanol–water partition coefficient (Wildman–Crippen LogP) is 4.42. The van der Waals surface area contributed by atoms with Crippen LogP contribution >= 0.6 is 0 Å². The lowest BCUT2D eigenvalue weighted by atomic mass is 9.99. The van der Waals surface area contributed by atoms with Gasteiger partial charge in [-0.1, -0.05) is 12.5 Å². The molecule has 0 aliphatic heterocycles. The van der Waals surface area contributed by atoms with Crippen LogP contribution in [0.4, 0.5) is 13.2 Å². The van der Waals surface area contributed by atoms with Crippen molar-refractivity contribution < 1.29 is 18.3 Å². The molecule has 126 valence electrons. The van der Waals surface area contributed by atoms with Gasteiger partial charge < -0.3 is 10.8 Å². The lowest BCUT2D eigenvalue weighted by molar-refractivity contribution is -0.137. The predicted molar refractivity (Wildman–Crippen MR) is 86.5 cm³/mol. The smallest absolute Gasteiger partial charge is 0.416 e. The van der Waals surface area contributed by atoms with Crippen LogP contribution in [0.2, 0.25) is 0 Å². The number of alkyl halides is 3. The maximum atomic E-state index is 12.7. The van der Waals surface area contributed by atoms with E-state index in [0.29, 0.717) is 23.0 Å². The van der Waals surface area contributed by atoms with Crippen molar-refractivity contribution in [1.29, 1.82) is 0 Å². The van der Waals surface area contributed by atoms with E-state index < -0.39 is 17.5 Å². The van der Waals surface area contributed by atoms with E-state index in [1.165, 1.54) is 13.1 Å². The first-order chi connectivity index (χ1) is 10.6. The molecular formula is C17H21F3N2O. The van der Waals surface area contributed by atoms with Crippen molar-refractivity contribution in [2.24, 2.45) is 10.7 Å². The van der Waals surface area contributed by atoms with Crippen LogP contribution in [0.3, 0.4) is 0 Å². The largest absolute Gasteiger partial charge is 0.507 e. The summed E-state index contributed by atoms with van der Waals surface area (Å²) >= 11 is 0. The second-order valence-electron chi connectivity index (χ2n) is 5.22. The molecule has 1 aromatic carbocycles. The highest BCUT2D eigenvalue weighted by Crippen LogP contribution is 2.33. The van der Waals surface area contributed by atoms with Gasteiger partial charge in [0.05, 0.1) is 11.3 Å². The summed E-state index contributed by atoms with van der Waals surface area (Å²) < 4.78 is 38.0. The molecule has 0 heterocycles. The van der Waals surface area contributed by atoms with Crippen LogP contribution in [-0.2, 0) is 6.18 Å². The summed E-state index contributed by atoms with van der Waals surface area (Å²) in [6, 6.07) is 2.83. The zero-order valence-electron chi connectivity index (χ0n) is 13.6. The van der Waals surface area contributed by atoms with Gasteiger partial charge in [0.15, 0.2) is 0 Å². The van der Waals surface area contributed by atoms with Crippen LogP contribution in [0.1, 0.15) is 38.3 Å². The Kier molecular flexibility index (Phi) is 6.01. The summed E-state index contributed by atoms with van der Waals surface area (Å²) in [5.74, 6) is -0.470. The van der Waals surface area contributed by atoms with E-state index in [1.54, 1.807) is 13.0 Å². The number of halogens is 3. The topological polar surface area (TPSA) is 58.6 Å². The molecule has 0 saturated heterocycles. The molecule has 0 saturated carbocycles. The molecule has 0 fully saturated rings. The minimum Gasteiger partial charge on any atom is -0.507 e. The Labute approximate surface area is 134 Å². The summed E-state index contributed by atoms with van der Waals surface area (Å²) in [6.45, 7) is 5.62. The standard InChI is InChI=1S/C17H21F3N2O/c1-5-10(2)14(21)8-11(3)16(22-4)13-7-6-12(9-15(13)23)17(18,19)20/h6-9,23H,5,21H2,1-4H3/b11-8-,14-10-,22-16?. The number of hydrogen-bond donors (Lipinski definition) is 2. The molecule has 0 bridgehead atoms. The quantitative estimate of drug-likeness (QED) is 0.635. The van der Waals surface area contributed by atoms with Gasteiger partial charge in [-0.05, 0) is 50.1 Å². The molecule has 23 heavy (non-hydrogen) atoms. The molecule has 0 amide bonds. The van der Waals surface area contributed by atoms with Crippen LogP contribution in [0, 0.1) is 0 Å². The first-order valence-electron chi connectivity index (χ1n) is 7.13. The number of allylic oxidation sites excluding steroid dienone is 3. The molecule has 6 heteroatoms.